The van der Waals surface area contributed by atoms with Gasteiger partial charge in [-0.05, 0) is 17.7 Å². The summed E-state index contributed by atoms with van der Waals surface area (Å²) in [5.41, 5.74) is -2.84. The third-order valence-electron chi connectivity index (χ3n) is 1.31. The average molecular weight is 227 g/mol. The number of hydrogen-bond acceptors (Lipinski definition) is 1. The molecule has 0 unspecified atom stereocenters. The van der Waals surface area contributed by atoms with Gasteiger partial charge in [0.15, 0.2) is 0 Å². The molecule has 0 heterocycles. The van der Waals surface area contributed by atoms with E-state index in [9.17, 15) is 8.78 Å². The Bertz CT molecular complexity index is 268. The van der Waals surface area contributed by atoms with Crippen molar-refractivity contribution < 1.29 is 13.5 Å². The minimum atomic E-state index is -3.66. The van der Waals surface area contributed by atoms with Gasteiger partial charge in [0.05, 0.1) is 0 Å². The molecular weight excluding hydrogens is 221 g/mol. The molecule has 0 saturated heterocycles. The highest BCUT2D eigenvalue weighted by Crippen LogP contribution is 2.25. The van der Waals surface area contributed by atoms with E-state index in [1.807, 2.05) is 0 Å². The average Bonchev–Trinajstić information content (AvgIpc) is 2.03. The molecular formula is C8H6Cl2F2O. The maximum atomic E-state index is 12.1. The molecule has 0 aliphatic heterocycles. The fourth-order valence-electron chi connectivity index (χ4n) is 0.780. The second kappa shape index (κ2) is 4.11. The fourth-order valence-corrected chi connectivity index (χ4v) is 1.05. The van der Waals surface area contributed by atoms with Crippen molar-refractivity contribution in [2.24, 2.45) is 0 Å². The van der Waals surface area contributed by atoms with E-state index in [1.165, 1.54) is 12.1 Å². The largest absolute Gasteiger partial charge is 0.487 e. The Morgan fingerprint density at radius 3 is 2.15 bits per heavy atom. The molecule has 0 bridgehead atoms. The van der Waals surface area contributed by atoms with Crippen LogP contribution in [0.3, 0.4) is 0 Å². The minimum Gasteiger partial charge on any atom is -0.420 e. The van der Waals surface area contributed by atoms with E-state index in [0.717, 1.165) is 5.56 Å². The summed E-state index contributed by atoms with van der Waals surface area (Å²) in [4.78, 5) is 0. The lowest BCUT2D eigenvalue weighted by molar-refractivity contribution is -0.0964. The summed E-state index contributed by atoms with van der Waals surface area (Å²) < 4.78 is 28.3. The number of halogens is 4. The topological polar surface area (TPSA) is 9.23 Å². The Balaban J connectivity index is 2.70. The maximum Gasteiger partial charge on any atom is 0.487 e. The fraction of sp³-hybridized carbons (Fsp3) is 0.250. The number of alkyl halides is 4. The predicted octanol–water partition coefficient (Wildman–Crippen LogP) is 3.59. The van der Waals surface area contributed by atoms with Gasteiger partial charge in [-0.1, -0.05) is 12.1 Å². The molecule has 0 aliphatic carbocycles. The molecule has 0 N–H and O–H groups in total. The van der Waals surface area contributed by atoms with Gasteiger partial charge < -0.3 is 4.74 Å². The summed E-state index contributed by atoms with van der Waals surface area (Å²) in [5, 5.41) is 0. The lowest BCUT2D eigenvalue weighted by Crippen LogP contribution is -2.15. The normalized spacial score (nSPS) is 11.4. The lowest BCUT2D eigenvalue weighted by Gasteiger charge is -2.10. The van der Waals surface area contributed by atoms with Crippen molar-refractivity contribution in [1.29, 1.82) is 0 Å². The smallest absolute Gasteiger partial charge is 0.420 e. The highest BCUT2D eigenvalue weighted by atomic mass is 35.5. The van der Waals surface area contributed by atoms with Gasteiger partial charge in [0.2, 0.25) is 0 Å². The van der Waals surface area contributed by atoms with Gasteiger partial charge in [-0.3, -0.25) is 0 Å². The van der Waals surface area contributed by atoms with Crippen molar-refractivity contribution in [3.05, 3.63) is 29.8 Å². The molecule has 1 aromatic rings. The van der Waals surface area contributed by atoms with Crippen molar-refractivity contribution in [3.63, 3.8) is 0 Å². The first kappa shape index (κ1) is 10.5. The van der Waals surface area contributed by atoms with Crippen LogP contribution in [0.1, 0.15) is 5.56 Å². The molecule has 13 heavy (non-hydrogen) atoms. The van der Waals surface area contributed by atoms with Crippen LogP contribution in [-0.2, 0) is 5.88 Å². The Hall–Kier alpha value is -0.540. The summed E-state index contributed by atoms with van der Waals surface area (Å²) in [6.07, 6.45) is 0. The molecule has 0 fully saturated rings. The predicted molar refractivity (Wildman–Crippen MR) is 47.4 cm³/mol. The van der Waals surface area contributed by atoms with Crippen LogP contribution in [0.4, 0.5) is 8.78 Å². The molecule has 72 valence electrons. The number of ether oxygens (including phenoxy) is 1. The Labute approximate surface area is 84.2 Å². The summed E-state index contributed by atoms with van der Waals surface area (Å²) in [6.45, 7) is 0. The third kappa shape index (κ3) is 3.79. The van der Waals surface area contributed by atoms with Crippen LogP contribution >= 0.6 is 23.2 Å². The van der Waals surface area contributed by atoms with Gasteiger partial charge in [-0.25, -0.2) is 0 Å². The molecule has 0 saturated carbocycles. The maximum absolute atomic E-state index is 12.1. The van der Waals surface area contributed by atoms with Gasteiger partial charge in [-0.2, -0.15) is 0 Å². The molecule has 1 rings (SSSR count). The zero-order valence-corrected chi connectivity index (χ0v) is 7.95. The van der Waals surface area contributed by atoms with E-state index >= 15 is 0 Å². The third-order valence-corrected chi connectivity index (χ3v) is 1.70. The lowest BCUT2D eigenvalue weighted by atomic mass is 10.2. The van der Waals surface area contributed by atoms with Gasteiger partial charge in [0, 0.05) is 17.5 Å². The highest BCUT2D eigenvalue weighted by Gasteiger charge is 2.27. The van der Waals surface area contributed by atoms with E-state index in [-0.39, 0.29) is 5.75 Å². The Kier molecular flexibility index (Phi) is 3.33. The Morgan fingerprint density at radius 2 is 1.77 bits per heavy atom. The zero-order chi connectivity index (χ0) is 9.90. The molecule has 0 atom stereocenters. The van der Waals surface area contributed by atoms with E-state index in [4.69, 9.17) is 11.6 Å². The minimum absolute atomic E-state index is 0.00821. The van der Waals surface area contributed by atoms with Crippen LogP contribution in [0, 0.1) is 0 Å². The van der Waals surface area contributed by atoms with Gasteiger partial charge >= 0.3 is 5.57 Å². The first-order valence-electron chi connectivity index (χ1n) is 3.42. The van der Waals surface area contributed by atoms with Crippen molar-refractivity contribution in [3.8, 4) is 5.75 Å². The van der Waals surface area contributed by atoms with Crippen LogP contribution in [-0.4, -0.2) is 5.57 Å². The summed E-state index contributed by atoms with van der Waals surface area (Å²) in [7, 11) is 0. The molecule has 5 heteroatoms. The van der Waals surface area contributed by atoms with Crippen molar-refractivity contribution in [2.75, 3.05) is 0 Å². The summed E-state index contributed by atoms with van der Waals surface area (Å²) >= 11 is 10.1. The van der Waals surface area contributed by atoms with Crippen LogP contribution < -0.4 is 4.74 Å². The highest BCUT2D eigenvalue weighted by molar-refractivity contribution is 6.20. The van der Waals surface area contributed by atoms with E-state index in [2.05, 4.69) is 16.3 Å². The van der Waals surface area contributed by atoms with Gasteiger partial charge in [0.1, 0.15) is 5.75 Å². The van der Waals surface area contributed by atoms with Crippen LogP contribution in [0.15, 0.2) is 24.3 Å². The number of hydrogen-bond donors (Lipinski definition) is 0. The van der Waals surface area contributed by atoms with E-state index in [1.54, 1.807) is 12.1 Å². The van der Waals surface area contributed by atoms with E-state index < -0.39 is 5.57 Å². The van der Waals surface area contributed by atoms with Gasteiger partial charge in [0.25, 0.3) is 0 Å². The van der Waals surface area contributed by atoms with Gasteiger partial charge in [-0.15, -0.1) is 20.4 Å². The molecule has 0 aromatic heterocycles. The SMILES string of the molecule is FC(F)(Cl)Oc1ccc(CCl)cc1. The molecule has 0 amide bonds. The van der Waals surface area contributed by atoms with Crippen LogP contribution in [0.25, 0.3) is 0 Å². The first-order valence-corrected chi connectivity index (χ1v) is 4.33. The van der Waals surface area contributed by atoms with Crippen LogP contribution in [0.5, 0.6) is 5.75 Å². The monoisotopic (exact) mass is 226 g/mol. The molecule has 1 nitrogen and oxygen atoms in total. The molecule has 1 aromatic carbocycles. The summed E-state index contributed by atoms with van der Waals surface area (Å²) in [6, 6.07) is 5.94. The molecule has 0 spiro atoms. The van der Waals surface area contributed by atoms with Crippen LogP contribution in [0.2, 0.25) is 0 Å². The zero-order valence-electron chi connectivity index (χ0n) is 6.44. The number of benzene rings is 1. The molecule has 0 aliphatic rings. The quantitative estimate of drug-likeness (QED) is 0.717. The molecule has 0 radical (unpaired) electrons. The second-order valence-corrected chi connectivity index (χ2v) is 3.03. The van der Waals surface area contributed by atoms with Crippen molar-refractivity contribution in [2.45, 2.75) is 11.4 Å². The van der Waals surface area contributed by atoms with Crippen molar-refractivity contribution in [1.82, 2.24) is 0 Å². The van der Waals surface area contributed by atoms with E-state index in [0.29, 0.717) is 5.88 Å². The van der Waals surface area contributed by atoms with Crippen molar-refractivity contribution >= 4 is 23.2 Å². The second-order valence-electron chi connectivity index (χ2n) is 2.33. The number of rotatable bonds is 3. The summed E-state index contributed by atoms with van der Waals surface area (Å²) in [5.74, 6) is 0.339. The Morgan fingerprint density at radius 1 is 1.23 bits per heavy atom. The first-order chi connectivity index (χ1) is 6.01. The standard InChI is InChI=1S/C8H6Cl2F2O/c9-5-6-1-3-7(4-2-6)13-8(10,11)12/h1-4H,5H2.